The molecule has 3 aromatic carbocycles. The first kappa shape index (κ1) is 34.5. The number of benzene rings is 3. The number of nitrogens with zero attached hydrogens (tertiary/aromatic N) is 3. The number of carbonyl (C=O) groups excluding carboxylic acids is 2. The molecule has 1 fully saturated rings. The maximum absolute atomic E-state index is 13.3. The van der Waals surface area contributed by atoms with Gasteiger partial charge in [-0.1, -0.05) is 56.7 Å². The number of piperidine rings is 1. The number of carbonyl (C=O) groups is 2. The highest BCUT2D eigenvalue weighted by Gasteiger charge is 2.44. The summed E-state index contributed by atoms with van der Waals surface area (Å²) < 4.78 is 57.5. The SMILES string of the molecule is Cc1ccc(-n2nc(C(C)(C)C)cc2NC(=O)Nc2ccc(CC3CCN(C(=O)c4cccc(OC(F)(F)C(F)F)c4)CC3)cc2)cc1. The summed E-state index contributed by atoms with van der Waals surface area (Å²) in [5, 5.41) is 10.6. The highest BCUT2D eigenvalue weighted by Crippen LogP contribution is 2.30. The molecule has 1 aliphatic rings. The molecule has 0 aliphatic carbocycles. The number of ether oxygens (including phenoxy) is 1. The number of aryl methyl sites for hydroxylation is 1. The zero-order valence-electron chi connectivity index (χ0n) is 27.3. The third-order valence-corrected chi connectivity index (χ3v) is 8.22. The van der Waals surface area contributed by atoms with E-state index in [9.17, 15) is 27.2 Å². The first-order valence-corrected chi connectivity index (χ1v) is 15.8. The Bertz CT molecular complexity index is 1730. The molecule has 12 heteroatoms. The van der Waals surface area contributed by atoms with Crippen molar-refractivity contribution in [2.24, 2.45) is 5.92 Å². The van der Waals surface area contributed by atoms with Crippen LogP contribution in [0.1, 0.15) is 60.8 Å². The summed E-state index contributed by atoms with van der Waals surface area (Å²) in [6, 6.07) is 21.9. The van der Waals surface area contributed by atoms with Gasteiger partial charge in [0.25, 0.3) is 5.91 Å². The third kappa shape index (κ3) is 8.53. The fourth-order valence-electron chi connectivity index (χ4n) is 5.47. The first-order valence-electron chi connectivity index (χ1n) is 15.8. The Hall–Kier alpha value is -4.87. The van der Waals surface area contributed by atoms with Crippen molar-refractivity contribution in [3.8, 4) is 11.4 Å². The Labute approximate surface area is 277 Å². The van der Waals surface area contributed by atoms with Gasteiger partial charge >= 0.3 is 18.6 Å². The molecule has 1 aliphatic heterocycles. The molecule has 5 rings (SSSR count). The topological polar surface area (TPSA) is 88.5 Å². The van der Waals surface area contributed by atoms with Gasteiger partial charge < -0.3 is 15.0 Å². The standard InChI is InChI=1S/C36H39F4N5O3/c1-23-8-14-28(15-9-23)45-31(22-30(43-45)35(2,3)4)42-34(47)41-27-12-10-24(11-13-27)20-25-16-18-44(19-17-25)32(46)26-6-5-7-29(21-26)48-36(39,40)33(37)38/h5-15,21-22,25,33H,16-20H2,1-4H3,(H2,41,42,47). The maximum Gasteiger partial charge on any atom is 0.461 e. The highest BCUT2D eigenvalue weighted by atomic mass is 19.3. The average Bonchev–Trinajstić information content (AvgIpc) is 3.46. The van der Waals surface area contributed by atoms with Crippen LogP contribution in [0.4, 0.5) is 33.9 Å². The summed E-state index contributed by atoms with van der Waals surface area (Å²) >= 11 is 0. The van der Waals surface area contributed by atoms with Gasteiger partial charge in [0.1, 0.15) is 11.6 Å². The second-order valence-corrected chi connectivity index (χ2v) is 13.1. The molecule has 0 radical (unpaired) electrons. The zero-order valence-corrected chi connectivity index (χ0v) is 27.3. The summed E-state index contributed by atoms with van der Waals surface area (Å²) in [7, 11) is 0. The lowest BCUT2D eigenvalue weighted by Gasteiger charge is -2.32. The number of urea groups is 1. The van der Waals surface area contributed by atoms with Gasteiger partial charge in [-0.3, -0.25) is 10.1 Å². The van der Waals surface area contributed by atoms with Crippen molar-refractivity contribution in [3.05, 3.63) is 101 Å². The highest BCUT2D eigenvalue weighted by molar-refractivity contribution is 5.99. The number of halogens is 4. The predicted molar refractivity (Wildman–Crippen MR) is 176 cm³/mol. The molecular weight excluding hydrogens is 626 g/mol. The number of alkyl halides is 4. The number of hydrogen-bond donors (Lipinski definition) is 2. The third-order valence-electron chi connectivity index (χ3n) is 8.22. The van der Waals surface area contributed by atoms with Crippen LogP contribution in [0.5, 0.6) is 5.75 Å². The number of likely N-dealkylation sites (tertiary alicyclic amines) is 1. The molecule has 0 bridgehead atoms. The molecule has 0 unspecified atom stereocenters. The van der Waals surface area contributed by atoms with Crippen LogP contribution in [0.2, 0.25) is 0 Å². The van der Waals surface area contributed by atoms with Crippen molar-refractivity contribution >= 4 is 23.4 Å². The molecule has 3 amide bonds. The lowest BCUT2D eigenvalue weighted by Crippen LogP contribution is -2.39. The van der Waals surface area contributed by atoms with E-state index in [0.717, 1.165) is 53.9 Å². The van der Waals surface area contributed by atoms with E-state index in [-0.39, 0.29) is 16.9 Å². The van der Waals surface area contributed by atoms with Gasteiger partial charge in [0, 0.05) is 35.8 Å². The molecule has 48 heavy (non-hydrogen) atoms. The number of hydrogen-bond acceptors (Lipinski definition) is 4. The van der Waals surface area contributed by atoms with E-state index < -0.39 is 24.3 Å². The number of nitrogens with one attached hydrogen (secondary N) is 2. The predicted octanol–water partition coefficient (Wildman–Crippen LogP) is 8.45. The Morgan fingerprint density at radius 3 is 2.23 bits per heavy atom. The Balaban J connectivity index is 1.14. The van der Waals surface area contributed by atoms with Gasteiger partial charge in [0.15, 0.2) is 0 Å². The summed E-state index contributed by atoms with van der Waals surface area (Å²) in [4.78, 5) is 27.6. The van der Waals surface area contributed by atoms with Crippen molar-refractivity contribution < 1.29 is 31.9 Å². The Kier molecular flexibility index (Phi) is 10.1. The average molecular weight is 666 g/mol. The van der Waals surface area contributed by atoms with Gasteiger partial charge in [-0.15, -0.1) is 0 Å². The summed E-state index contributed by atoms with van der Waals surface area (Å²) in [5.41, 5.74) is 4.40. The second-order valence-electron chi connectivity index (χ2n) is 13.1. The minimum Gasteiger partial charge on any atom is -0.428 e. The van der Waals surface area contributed by atoms with E-state index in [4.69, 9.17) is 5.10 Å². The van der Waals surface area contributed by atoms with E-state index in [1.165, 1.54) is 12.1 Å². The van der Waals surface area contributed by atoms with Crippen molar-refractivity contribution in [1.82, 2.24) is 14.7 Å². The van der Waals surface area contributed by atoms with Crippen LogP contribution in [0.15, 0.2) is 78.9 Å². The van der Waals surface area contributed by atoms with E-state index >= 15 is 0 Å². The fraction of sp³-hybridized carbons (Fsp3) is 0.361. The summed E-state index contributed by atoms with van der Waals surface area (Å²) in [6.45, 7) is 9.15. The van der Waals surface area contributed by atoms with E-state index in [1.54, 1.807) is 9.58 Å². The smallest absolute Gasteiger partial charge is 0.428 e. The van der Waals surface area contributed by atoms with Gasteiger partial charge in [0.05, 0.1) is 11.4 Å². The quantitative estimate of drug-likeness (QED) is 0.176. The van der Waals surface area contributed by atoms with Crippen LogP contribution in [0, 0.1) is 12.8 Å². The molecule has 1 aromatic heterocycles. The van der Waals surface area contributed by atoms with E-state index in [0.29, 0.717) is 30.5 Å². The number of amides is 3. The van der Waals surface area contributed by atoms with Crippen LogP contribution in [-0.2, 0) is 11.8 Å². The lowest BCUT2D eigenvalue weighted by atomic mass is 9.90. The fourth-order valence-corrected chi connectivity index (χ4v) is 5.47. The number of aromatic nitrogens is 2. The van der Waals surface area contributed by atoms with Crippen LogP contribution in [0.3, 0.4) is 0 Å². The molecule has 8 nitrogen and oxygen atoms in total. The van der Waals surface area contributed by atoms with Gasteiger partial charge in [0.2, 0.25) is 0 Å². The summed E-state index contributed by atoms with van der Waals surface area (Å²) in [6.07, 6.45) is -6.38. The maximum atomic E-state index is 13.3. The van der Waals surface area contributed by atoms with Crippen molar-refractivity contribution in [3.63, 3.8) is 0 Å². The van der Waals surface area contributed by atoms with E-state index in [2.05, 4.69) is 36.1 Å². The van der Waals surface area contributed by atoms with Crippen molar-refractivity contribution in [2.45, 2.75) is 64.9 Å². The van der Waals surface area contributed by atoms with Gasteiger partial charge in [-0.25, -0.2) is 9.48 Å². The van der Waals surface area contributed by atoms with Crippen LogP contribution >= 0.6 is 0 Å². The number of anilines is 2. The lowest BCUT2D eigenvalue weighted by molar-refractivity contribution is -0.253. The van der Waals surface area contributed by atoms with Crippen molar-refractivity contribution in [1.29, 1.82) is 0 Å². The first-order chi connectivity index (χ1) is 22.7. The minimum atomic E-state index is -4.65. The van der Waals surface area contributed by atoms with Crippen LogP contribution < -0.4 is 15.4 Å². The molecule has 0 spiro atoms. The van der Waals surface area contributed by atoms with Crippen LogP contribution in [0.25, 0.3) is 5.69 Å². The number of rotatable bonds is 9. The van der Waals surface area contributed by atoms with Gasteiger partial charge in [-0.2, -0.15) is 22.7 Å². The Morgan fingerprint density at radius 1 is 0.938 bits per heavy atom. The molecule has 254 valence electrons. The molecular formula is C36H39F4N5O3. The summed E-state index contributed by atoms with van der Waals surface area (Å²) in [5.74, 6) is -0.00354. The molecule has 2 heterocycles. The van der Waals surface area contributed by atoms with E-state index in [1.807, 2.05) is 61.5 Å². The van der Waals surface area contributed by atoms with Crippen LogP contribution in [-0.4, -0.2) is 52.2 Å². The normalized spacial score (nSPS) is 14.2. The Morgan fingerprint density at radius 2 is 1.60 bits per heavy atom. The monoisotopic (exact) mass is 665 g/mol. The molecule has 4 aromatic rings. The largest absolute Gasteiger partial charge is 0.461 e. The molecule has 0 atom stereocenters. The van der Waals surface area contributed by atoms with Crippen molar-refractivity contribution in [2.75, 3.05) is 23.7 Å². The molecule has 1 saturated heterocycles. The minimum absolute atomic E-state index is 0.0948. The second kappa shape index (κ2) is 14.1. The zero-order chi connectivity index (χ0) is 34.6. The van der Waals surface area contributed by atoms with Gasteiger partial charge in [-0.05, 0) is 80.1 Å². The molecule has 2 N–H and O–H groups in total. The molecule has 0 saturated carbocycles.